The van der Waals surface area contributed by atoms with Gasteiger partial charge in [0.1, 0.15) is 0 Å². The van der Waals surface area contributed by atoms with Crippen molar-refractivity contribution < 1.29 is 13.2 Å². The van der Waals surface area contributed by atoms with Gasteiger partial charge in [-0.15, -0.1) is 0 Å². The van der Waals surface area contributed by atoms with Gasteiger partial charge >= 0.3 is 6.18 Å². The highest BCUT2D eigenvalue weighted by atomic mass is 35.5. The van der Waals surface area contributed by atoms with Crippen molar-refractivity contribution in [3.63, 3.8) is 0 Å². The van der Waals surface area contributed by atoms with Crippen molar-refractivity contribution in [1.29, 1.82) is 0 Å². The van der Waals surface area contributed by atoms with Crippen LogP contribution in [0.3, 0.4) is 0 Å². The predicted octanol–water partition coefficient (Wildman–Crippen LogP) is 5.68. The molecule has 0 aliphatic heterocycles. The molecule has 1 heterocycles. The summed E-state index contributed by atoms with van der Waals surface area (Å²) in [6.45, 7) is 3.41. The smallest absolute Gasteiger partial charge is 0.255 e. The molecule has 0 saturated carbocycles. The summed E-state index contributed by atoms with van der Waals surface area (Å²) >= 11 is 5.78. The van der Waals surface area contributed by atoms with Crippen LogP contribution in [0.1, 0.15) is 30.0 Å². The van der Waals surface area contributed by atoms with E-state index < -0.39 is 11.7 Å². The molecule has 0 aliphatic rings. The van der Waals surface area contributed by atoms with Gasteiger partial charge in [0.15, 0.2) is 0 Å². The topological polar surface area (TPSA) is 12.9 Å². The third-order valence-electron chi connectivity index (χ3n) is 3.31. The Morgan fingerprint density at radius 1 is 1.19 bits per heavy atom. The molecule has 0 fully saturated rings. The van der Waals surface area contributed by atoms with Crippen molar-refractivity contribution >= 4 is 11.6 Å². The lowest BCUT2D eigenvalue weighted by Crippen LogP contribution is -2.09. The van der Waals surface area contributed by atoms with Crippen molar-refractivity contribution in [3.8, 4) is 11.3 Å². The van der Waals surface area contributed by atoms with Crippen molar-refractivity contribution in [2.45, 2.75) is 32.9 Å². The van der Waals surface area contributed by atoms with Gasteiger partial charge in [0.05, 0.1) is 16.3 Å². The molecule has 0 atom stereocenters. The van der Waals surface area contributed by atoms with E-state index in [1.54, 1.807) is 18.2 Å². The average Bonchev–Trinajstić information content (AvgIpc) is 2.41. The van der Waals surface area contributed by atoms with Crippen LogP contribution in [0.25, 0.3) is 11.3 Å². The van der Waals surface area contributed by atoms with E-state index >= 15 is 0 Å². The highest BCUT2D eigenvalue weighted by molar-refractivity contribution is 6.30. The van der Waals surface area contributed by atoms with Gasteiger partial charge in [-0.05, 0) is 48.7 Å². The minimum Gasteiger partial charge on any atom is -0.255 e. The second-order valence-electron chi connectivity index (χ2n) is 4.93. The van der Waals surface area contributed by atoms with E-state index in [9.17, 15) is 13.2 Å². The predicted molar refractivity (Wildman–Crippen MR) is 78.4 cm³/mol. The SMILES string of the molecule is CCCc1cc(-c2ccc(Cl)cn2)c(C)c(C(F)(F)F)c1. The summed E-state index contributed by atoms with van der Waals surface area (Å²) in [6, 6.07) is 6.28. The summed E-state index contributed by atoms with van der Waals surface area (Å²) < 4.78 is 39.6. The normalized spacial score (nSPS) is 11.7. The van der Waals surface area contributed by atoms with Gasteiger partial charge in [-0.2, -0.15) is 13.2 Å². The first-order chi connectivity index (χ1) is 9.82. The minimum absolute atomic E-state index is 0.192. The number of benzene rings is 1. The zero-order chi connectivity index (χ0) is 15.6. The summed E-state index contributed by atoms with van der Waals surface area (Å²) in [4.78, 5) is 4.13. The van der Waals surface area contributed by atoms with Gasteiger partial charge in [0, 0.05) is 11.8 Å². The van der Waals surface area contributed by atoms with Crippen LogP contribution in [-0.4, -0.2) is 4.98 Å². The monoisotopic (exact) mass is 313 g/mol. The molecule has 0 aliphatic carbocycles. The summed E-state index contributed by atoms with van der Waals surface area (Å²) in [5, 5.41) is 0.456. The molecular weight excluding hydrogens is 299 g/mol. The zero-order valence-corrected chi connectivity index (χ0v) is 12.5. The summed E-state index contributed by atoms with van der Waals surface area (Å²) in [5.74, 6) is 0. The van der Waals surface area contributed by atoms with Crippen molar-refractivity contribution in [1.82, 2.24) is 4.98 Å². The van der Waals surface area contributed by atoms with Gasteiger partial charge in [-0.3, -0.25) is 4.98 Å². The first-order valence-corrected chi connectivity index (χ1v) is 7.03. The first-order valence-electron chi connectivity index (χ1n) is 6.65. The fraction of sp³-hybridized carbons (Fsp3) is 0.312. The number of aromatic nitrogens is 1. The number of alkyl halides is 3. The lowest BCUT2D eigenvalue weighted by molar-refractivity contribution is -0.138. The molecule has 1 nitrogen and oxygen atoms in total. The summed E-state index contributed by atoms with van der Waals surface area (Å²) in [5.41, 5.74) is 1.27. The summed E-state index contributed by atoms with van der Waals surface area (Å²) in [7, 11) is 0. The van der Waals surface area contributed by atoms with Crippen LogP contribution < -0.4 is 0 Å². The van der Waals surface area contributed by atoms with E-state index in [4.69, 9.17) is 11.6 Å². The molecule has 0 radical (unpaired) electrons. The molecule has 0 spiro atoms. The molecule has 2 aromatic rings. The van der Waals surface area contributed by atoms with E-state index in [2.05, 4.69) is 4.98 Å². The van der Waals surface area contributed by atoms with E-state index in [-0.39, 0.29) is 5.56 Å². The maximum absolute atomic E-state index is 13.2. The van der Waals surface area contributed by atoms with Crippen LogP contribution in [-0.2, 0) is 12.6 Å². The Morgan fingerprint density at radius 2 is 1.90 bits per heavy atom. The number of hydrogen-bond acceptors (Lipinski definition) is 1. The second kappa shape index (κ2) is 6.06. The maximum atomic E-state index is 13.2. The molecule has 0 bridgehead atoms. The van der Waals surface area contributed by atoms with Crippen LogP contribution in [0, 0.1) is 6.92 Å². The standard InChI is InChI=1S/C16H15ClF3N/c1-3-4-11-7-13(15-6-5-12(17)9-21-15)10(2)14(8-11)16(18,19)20/h5-9H,3-4H2,1-2H3. The number of halogens is 4. The lowest BCUT2D eigenvalue weighted by Gasteiger charge is -2.16. The molecule has 0 unspecified atom stereocenters. The fourth-order valence-corrected chi connectivity index (χ4v) is 2.41. The largest absolute Gasteiger partial charge is 0.416 e. The Bertz CT molecular complexity index is 633. The van der Waals surface area contributed by atoms with Gasteiger partial charge in [-0.1, -0.05) is 24.9 Å². The van der Waals surface area contributed by atoms with Crippen molar-refractivity contribution in [2.75, 3.05) is 0 Å². The quantitative estimate of drug-likeness (QED) is 0.710. The molecule has 2 rings (SSSR count). The number of rotatable bonds is 3. The van der Waals surface area contributed by atoms with Gasteiger partial charge < -0.3 is 0 Å². The third-order valence-corrected chi connectivity index (χ3v) is 3.54. The van der Waals surface area contributed by atoms with E-state index in [0.717, 1.165) is 6.42 Å². The van der Waals surface area contributed by atoms with Gasteiger partial charge in [-0.25, -0.2) is 0 Å². The highest BCUT2D eigenvalue weighted by Gasteiger charge is 2.33. The summed E-state index contributed by atoms with van der Waals surface area (Å²) in [6.07, 6.45) is -1.54. The Kier molecular flexibility index (Phi) is 4.57. The Morgan fingerprint density at radius 3 is 2.43 bits per heavy atom. The molecule has 112 valence electrons. The number of hydrogen-bond donors (Lipinski definition) is 0. The van der Waals surface area contributed by atoms with Crippen LogP contribution in [0.4, 0.5) is 13.2 Å². The number of aryl methyl sites for hydroxylation is 1. The van der Waals surface area contributed by atoms with E-state index in [1.165, 1.54) is 19.2 Å². The molecule has 0 N–H and O–H groups in total. The Balaban J connectivity index is 2.63. The molecule has 0 amide bonds. The third kappa shape index (κ3) is 3.56. The van der Waals surface area contributed by atoms with Crippen LogP contribution in [0.2, 0.25) is 5.02 Å². The highest BCUT2D eigenvalue weighted by Crippen LogP contribution is 2.37. The molecule has 1 aromatic heterocycles. The van der Waals surface area contributed by atoms with Crippen LogP contribution in [0.5, 0.6) is 0 Å². The zero-order valence-electron chi connectivity index (χ0n) is 11.8. The molecule has 1 aromatic carbocycles. The fourth-order valence-electron chi connectivity index (χ4n) is 2.30. The second-order valence-corrected chi connectivity index (χ2v) is 5.36. The number of nitrogens with zero attached hydrogens (tertiary/aromatic N) is 1. The minimum atomic E-state index is -4.37. The lowest BCUT2D eigenvalue weighted by atomic mass is 9.94. The van der Waals surface area contributed by atoms with Crippen LogP contribution in [0.15, 0.2) is 30.5 Å². The molecule has 0 saturated heterocycles. The molecule has 21 heavy (non-hydrogen) atoms. The first kappa shape index (κ1) is 15.8. The van der Waals surface area contributed by atoms with Gasteiger partial charge in [0.25, 0.3) is 0 Å². The van der Waals surface area contributed by atoms with Crippen molar-refractivity contribution in [2.24, 2.45) is 0 Å². The molecular formula is C16H15ClF3N. The van der Waals surface area contributed by atoms with E-state index in [0.29, 0.717) is 28.3 Å². The molecule has 5 heteroatoms. The number of pyridine rings is 1. The average molecular weight is 314 g/mol. The van der Waals surface area contributed by atoms with Gasteiger partial charge in [0.2, 0.25) is 0 Å². The Hall–Kier alpha value is -1.55. The van der Waals surface area contributed by atoms with E-state index in [1.807, 2.05) is 6.92 Å². The van der Waals surface area contributed by atoms with Crippen LogP contribution >= 0.6 is 11.6 Å². The Labute approximate surface area is 126 Å². The maximum Gasteiger partial charge on any atom is 0.416 e. The van der Waals surface area contributed by atoms with Crippen molar-refractivity contribution in [3.05, 3.63) is 52.2 Å².